The van der Waals surface area contributed by atoms with Gasteiger partial charge in [-0.3, -0.25) is 4.79 Å². The Labute approximate surface area is 105 Å². The number of hydrogen-bond donors (Lipinski definition) is 1. The molecular formula is C12H12ClNOS. The summed E-state index contributed by atoms with van der Waals surface area (Å²) in [6.45, 7) is 4.38. The molecule has 1 atom stereocenters. The summed E-state index contributed by atoms with van der Waals surface area (Å²) in [6.07, 6.45) is 2.34. The minimum absolute atomic E-state index is 0.0995. The molecule has 1 amide bonds. The number of nitrogens with zero attached hydrogens (tertiary/aromatic N) is 1. The molecule has 1 fully saturated rings. The van der Waals surface area contributed by atoms with Gasteiger partial charge in [0.1, 0.15) is 0 Å². The maximum absolute atomic E-state index is 11.8. The quantitative estimate of drug-likeness (QED) is 0.634. The first-order valence-electron chi connectivity index (χ1n) is 5.03. The Bertz CT molecular complexity index is 447. The van der Waals surface area contributed by atoms with Crippen LogP contribution in [-0.2, 0) is 4.79 Å². The number of thiol groups is 1. The lowest BCUT2D eigenvalue weighted by Crippen LogP contribution is -2.24. The van der Waals surface area contributed by atoms with Gasteiger partial charge in [0.25, 0.3) is 0 Å². The molecular weight excluding hydrogens is 242 g/mol. The number of carbonyl (C=O) groups excluding carboxylic acids is 1. The van der Waals surface area contributed by atoms with Gasteiger partial charge in [0.15, 0.2) is 0 Å². The molecule has 0 radical (unpaired) electrons. The summed E-state index contributed by atoms with van der Waals surface area (Å²) >= 11 is 10.3. The number of anilines is 1. The molecule has 1 heterocycles. The number of halogens is 1. The van der Waals surface area contributed by atoms with Gasteiger partial charge in [-0.05, 0) is 18.2 Å². The molecule has 1 aliphatic rings. The molecule has 1 saturated heterocycles. The lowest BCUT2D eigenvalue weighted by atomic mass is 10.1. The van der Waals surface area contributed by atoms with Gasteiger partial charge in [-0.1, -0.05) is 17.7 Å². The van der Waals surface area contributed by atoms with Crippen molar-refractivity contribution < 1.29 is 4.79 Å². The first-order chi connectivity index (χ1) is 7.61. The predicted molar refractivity (Wildman–Crippen MR) is 69.4 cm³/mol. The molecule has 1 aliphatic heterocycles. The Morgan fingerprint density at radius 3 is 2.94 bits per heavy atom. The summed E-state index contributed by atoms with van der Waals surface area (Å²) in [7, 11) is 0. The van der Waals surface area contributed by atoms with Crippen molar-refractivity contribution in [2.45, 2.75) is 11.3 Å². The molecule has 1 aromatic carbocycles. The van der Waals surface area contributed by atoms with Crippen LogP contribution in [0.3, 0.4) is 0 Å². The van der Waals surface area contributed by atoms with Gasteiger partial charge < -0.3 is 4.90 Å². The third kappa shape index (κ3) is 2.11. The normalized spacial score (nSPS) is 20.2. The van der Waals surface area contributed by atoms with Crippen LogP contribution < -0.4 is 4.90 Å². The van der Waals surface area contributed by atoms with Crippen LogP contribution in [0.15, 0.2) is 35.7 Å². The van der Waals surface area contributed by atoms with Gasteiger partial charge in [-0.25, -0.2) is 0 Å². The monoisotopic (exact) mass is 253 g/mol. The smallest absolute Gasteiger partial charge is 0.227 e. The number of amides is 1. The fraction of sp³-hybridized carbons (Fsp3) is 0.250. The number of hydrogen-bond acceptors (Lipinski definition) is 2. The summed E-state index contributed by atoms with van der Waals surface area (Å²) in [4.78, 5) is 14.3. The van der Waals surface area contributed by atoms with E-state index in [0.29, 0.717) is 18.0 Å². The fourth-order valence-corrected chi connectivity index (χ4v) is 2.26. The van der Waals surface area contributed by atoms with E-state index in [1.165, 1.54) is 0 Å². The summed E-state index contributed by atoms with van der Waals surface area (Å²) in [6, 6.07) is 5.33. The number of carbonyl (C=O) groups is 1. The van der Waals surface area contributed by atoms with Gasteiger partial charge in [0.2, 0.25) is 5.91 Å². The third-order valence-electron chi connectivity index (χ3n) is 2.72. The van der Waals surface area contributed by atoms with Crippen LogP contribution in [0.2, 0.25) is 5.02 Å². The summed E-state index contributed by atoms with van der Waals surface area (Å²) in [5, 5.41) is 0.614. The van der Waals surface area contributed by atoms with E-state index in [1.54, 1.807) is 23.1 Å². The van der Waals surface area contributed by atoms with Crippen LogP contribution in [0.4, 0.5) is 5.69 Å². The van der Waals surface area contributed by atoms with Gasteiger partial charge in [0, 0.05) is 28.8 Å². The van der Waals surface area contributed by atoms with Crippen LogP contribution in [0, 0.1) is 5.92 Å². The highest BCUT2D eigenvalue weighted by Gasteiger charge is 2.29. The van der Waals surface area contributed by atoms with E-state index >= 15 is 0 Å². The first kappa shape index (κ1) is 11.6. The highest BCUT2D eigenvalue weighted by atomic mass is 35.5. The first-order valence-corrected chi connectivity index (χ1v) is 5.85. The van der Waals surface area contributed by atoms with E-state index in [2.05, 4.69) is 19.2 Å². The fourth-order valence-electron chi connectivity index (χ4n) is 1.84. The van der Waals surface area contributed by atoms with Gasteiger partial charge in [0.05, 0.1) is 5.69 Å². The van der Waals surface area contributed by atoms with Crippen LogP contribution >= 0.6 is 24.2 Å². The molecule has 1 unspecified atom stereocenters. The van der Waals surface area contributed by atoms with E-state index in [1.807, 2.05) is 6.08 Å². The lowest BCUT2D eigenvalue weighted by molar-refractivity contribution is -0.117. The van der Waals surface area contributed by atoms with E-state index in [9.17, 15) is 4.79 Å². The summed E-state index contributed by atoms with van der Waals surface area (Å²) in [5.74, 6) is 0.321. The van der Waals surface area contributed by atoms with Gasteiger partial charge in [-0.2, -0.15) is 0 Å². The topological polar surface area (TPSA) is 20.3 Å². The number of benzene rings is 1. The Kier molecular flexibility index (Phi) is 3.26. The molecule has 16 heavy (non-hydrogen) atoms. The molecule has 1 aromatic rings. The van der Waals surface area contributed by atoms with E-state index in [-0.39, 0.29) is 11.8 Å². The molecule has 84 valence electrons. The Morgan fingerprint density at radius 2 is 2.31 bits per heavy atom. The molecule has 2 rings (SSSR count). The predicted octanol–water partition coefficient (Wildman–Crippen LogP) is 3.17. The second kappa shape index (κ2) is 4.52. The highest BCUT2D eigenvalue weighted by molar-refractivity contribution is 7.80. The van der Waals surface area contributed by atoms with Crippen molar-refractivity contribution >= 4 is 35.8 Å². The molecule has 4 heteroatoms. The van der Waals surface area contributed by atoms with Crippen LogP contribution in [0.1, 0.15) is 6.42 Å². The van der Waals surface area contributed by atoms with Crippen molar-refractivity contribution in [3.8, 4) is 0 Å². The maximum Gasteiger partial charge on any atom is 0.227 e. The minimum Gasteiger partial charge on any atom is -0.311 e. The second-order valence-electron chi connectivity index (χ2n) is 3.84. The molecule has 0 aromatic heterocycles. The van der Waals surface area contributed by atoms with Crippen LogP contribution in [0.5, 0.6) is 0 Å². The zero-order valence-electron chi connectivity index (χ0n) is 8.69. The van der Waals surface area contributed by atoms with Crippen LogP contribution in [0.25, 0.3) is 0 Å². The Morgan fingerprint density at radius 1 is 1.56 bits per heavy atom. The van der Waals surface area contributed by atoms with E-state index < -0.39 is 0 Å². The third-order valence-corrected chi connectivity index (χ3v) is 3.33. The standard InChI is InChI=1S/C12H12ClNOS/c1-2-8-5-12(15)14(7-8)10-6-9(13)3-4-11(10)16/h2-4,6,8,16H,1,5,7H2. The Hall–Kier alpha value is -0.930. The van der Waals surface area contributed by atoms with Crippen LogP contribution in [-0.4, -0.2) is 12.5 Å². The average molecular weight is 254 g/mol. The zero-order chi connectivity index (χ0) is 11.7. The minimum atomic E-state index is 0.0995. The summed E-state index contributed by atoms with van der Waals surface area (Å²) < 4.78 is 0. The Balaban J connectivity index is 2.34. The van der Waals surface area contributed by atoms with Gasteiger partial charge >= 0.3 is 0 Å². The maximum atomic E-state index is 11.8. The van der Waals surface area contributed by atoms with Crippen molar-refractivity contribution in [3.05, 3.63) is 35.9 Å². The molecule has 0 aliphatic carbocycles. The highest BCUT2D eigenvalue weighted by Crippen LogP contribution is 2.32. The zero-order valence-corrected chi connectivity index (χ0v) is 10.3. The summed E-state index contributed by atoms with van der Waals surface area (Å²) in [5.41, 5.74) is 0.783. The van der Waals surface area contributed by atoms with E-state index in [0.717, 1.165) is 10.6 Å². The molecule has 0 bridgehead atoms. The molecule has 0 spiro atoms. The second-order valence-corrected chi connectivity index (χ2v) is 4.76. The van der Waals surface area contributed by atoms with Gasteiger partial charge in [-0.15, -0.1) is 19.2 Å². The number of rotatable bonds is 2. The largest absolute Gasteiger partial charge is 0.311 e. The SMILES string of the molecule is C=CC1CC(=O)N(c2cc(Cl)ccc2S)C1. The van der Waals surface area contributed by atoms with Crippen molar-refractivity contribution in [2.75, 3.05) is 11.4 Å². The van der Waals surface area contributed by atoms with Crippen molar-refractivity contribution in [2.24, 2.45) is 5.92 Å². The average Bonchev–Trinajstić information content (AvgIpc) is 2.63. The van der Waals surface area contributed by atoms with Crippen molar-refractivity contribution in [1.29, 1.82) is 0 Å². The molecule has 0 saturated carbocycles. The van der Waals surface area contributed by atoms with Crippen molar-refractivity contribution in [1.82, 2.24) is 0 Å². The molecule has 0 N–H and O–H groups in total. The molecule has 2 nitrogen and oxygen atoms in total. The van der Waals surface area contributed by atoms with E-state index in [4.69, 9.17) is 11.6 Å². The lowest BCUT2D eigenvalue weighted by Gasteiger charge is -2.18. The van der Waals surface area contributed by atoms with Crippen molar-refractivity contribution in [3.63, 3.8) is 0 Å².